The molecule has 0 atom stereocenters. The molecule has 2 heterocycles. The van der Waals surface area contributed by atoms with Crippen LogP contribution in [0.4, 0.5) is 17.2 Å². The third-order valence-corrected chi connectivity index (χ3v) is 6.65. The van der Waals surface area contributed by atoms with E-state index in [1.54, 1.807) is 13.3 Å². The number of pyridine rings is 1. The van der Waals surface area contributed by atoms with Gasteiger partial charge in [-0.15, -0.1) is 4.98 Å². The van der Waals surface area contributed by atoms with Gasteiger partial charge >= 0.3 is 0 Å². The van der Waals surface area contributed by atoms with Crippen molar-refractivity contribution in [3.05, 3.63) is 41.4 Å². The lowest BCUT2D eigenvalue weighted by atomic mass is 9.91. The second-order valence-electron chi connectivity index (χ2n) is 8.13. The van der Waals surface area contributed by atoms with Crippen LogP contribution in [-0.4, -0.2) is 45.8 Å². The average molecular weight is 466 g/mol. The number of amides is 1. The highest BCUT2D eigenvalue weighted by Gasteiger charge is 2.20. The second-order valence-corrected chi connectivity index (χ2v) is 9.09. The summed E-state index contributed by atoms with van der Waals surface area (Å²) in [6.07, 6.45) is 5.63. The number of methoxy groups -OCH3 is 1. The quantitative estimate of drug-likeness (QED) is 0.304. The van der Waals surface area contributed by atoms with E-state index in [4.69, 9.17) is 17.0 Å². The highest BCUT2D eigenvalue weighted by atomic mass is 32.2. The zero-order valence-corrected chi connectivity index (χ0v) is 19.5. The summed E-state index contributed by atoms with van der Waals surface area (Å²) in [5.41, 5.74) is 9.75. The largest absolute Gasteiger partial charge is 0.495 e. The van der Waals surface area contributed by atoms with Crippen LogP contribution in [0.2, 0.25) is 0 Å². The molecule has 1 saturated carbocycles. The molecule has 1 aliphatic rings. The maximum absolute atomic E-state index is 12.6. The van der Waals surface area contributed by atoms with Gasteiger partial charge in [-0.25, -0.2) is 4.98 Å². The van der Waals surface area contributed by atoms with Gasteiger partial charge in [-0.2, -0.15) is 0 Å². The van der Waals surface area contributed by atoms with Gasteiger partial charge in [0.2, 0.25) is 5.91 Å². The van der Waals surface area contributed by atoms with Crippen LogP contribution >= 0.6 is 11.8 Å². The Kier molecular flexibility index (Phi) is 7.01. The minimum Gasteiger partial charge on any atom is -0.495 e. The van der Waals surface area contributed by atoms with Gasteiger partial charge in [0.15, 0.2) is 5.16 Å². The van der Waals surface area contributed by atoms with E-state index in [1.165, 1.54) is 11.8 Å². The van der Waals surface area contributed by atoms with Crippen LogP contribution in [0.15, 0.2) is 29.6 Å². The summed E-state index contributed by atoms with van der Waals surface area (Å²) in [5.74, 6) is 1.12. The molecule has 5 N–H and O–H groups in total. The first-order chi connectivity index (χ1) is 16.0. The fraction of sp³-hybridized carbons (Fsp3) is 0.391. The summed E-state index contributed by atoms with van der Waals surface area (Å²) in [4.78, 5) is 27.8. The Balaban J connectivity index is 1.38. The number of nitrogens with zero attached hydrogens (tertiary/aromatic N) is 3. The van der Waals surface area contributed by atoms with Gasteiger partial charge in [0.25, 0.3) is 5.82 Å². The van der Waals surface area contributed by atoms with E-state index >= 15 is 0 Å². The molecule has 1 amide bonds. The maximum Gasteiger partial charge on any atom is 0.274 e. The summed E-state index contributed by atoms with van der Waals surface area (Å²) < 4.78 is 5.49. The predicted octanol–water partition coefficient (Wildman–Crippen LogP) is 4.24. The molecule has 0 spiro atoms. The molecule has 1 aliphatic carbocycles. The molecule has 3 aromatic rings. The number of H-pyrrole nitrogens is 1. The molecule has 0 bridgehead atoms. The third-order valence-electron chi connectivity index (χ3n) is 5.78. The Labute approximate surface area is 196 Å². The molecular formula is C23H27N7O2S. The maximum atomic E-state index is 12.6. The van der Waals surface area contributed by atoms with Crippen LogP contribution in [0.5, 0.6) is 5.75 Å². The average Bonchev–Trinajstić information content (AvgIpc) is 3.24. The molecule has 0 radical (unpaired) electrons. The molecule has 1 fully saturated rings. The summed E-state index contributed by atoms with van der Waals surface area (Å²) in [5, 5.41) is 7.10. The van der Waals surface area contributed by atoms with E-state index in [1.807, 2.05) is 25.1 Å². The molecule has 4 rings (SSSR count). The molecule has 0 saturated heterocycles. The molecule has 172 valence electrons. The minimum absolute atomic E-state index is 0.142. The van der Waals surface area contributed by atoms with Gasteiger partial charge in [-0.05, 0) is 50.8 Å². The Hall–Kier alpha value is -3.29. The van der Waals surface area contributed by atoms with Crippen LogP contribution < -0.4 is 21.1 Å². The van der Waals surface area contributed by atoms with Gasteiger partial charge < -0.3 is 30.9 Å². The van der Waals surface area contributed by atoms with Gasteiger partial charge in [0, 0.05) is 23.3 Å². The molecule has 2 aromatic heterocycles. The Morgan fingerprint density at radius 3 is 2.88 bits per heavy atom. The summed E-state index contributed by atoms with van der Waals surface area (Å²) in [7, 11) is 1.64. The number of benzene rings is 1. The third kappa shape index (κ3) is 5.38. The van der Waals surface area contributed by atoms with E-state index in [-0.39, 0.29) is 17.7 Å². The number of hydrogen-bond acceptors (Lipinski definition) is 7. The van der Waals surface area contributed by atoms with Crippen molar-refractivity contribution in [2.75, 3.05) is 23.5 Å². The summed E-state index contributed by atoms with van der Waals surface area (Å²) in [6, 6.07) is 6.21. The first-order valence-electron chi connectivity index (χ1n) is 10.8. The number of ether oxygens (including phenoxy) is 1. The number of fused-ring (bicyclic) bond motifs is 1. The van der Waals surface area contributed by atoms with Crippen LogP contribution in [0.25, 0.3) is 15.9 Å². The molecule has 1 aromatic carbocycles. The second kappa shape index (κ2) is 10.1. The number of thioether (sulfide) groups is 1. The fourth-order valence-corrected chi connectivity index (χ4v) is 4.64. The number of nitrogens with two attached hydrogens (primary N) is 1. The lowest BCUT2D eigenvalue weighted by Crippen LogP contribution is -2.32. The number of rotatable bonds is 7. The van der Waals surface area contributed by atoms with Crippen molar-refractivity contribution in [2.24, 2.45) is 5.73 Å². The first kappa shape index (κ1) is 22.9. The van der Waals surface area contributed by atoms with Crippen molar-refractivity contribution in [3.63, 3.8) is 0 Å². The van der Waals surface area contributed by atoms with E-state index in [0.717, 1.165) is 48.2 Å². The standard InChI is InChI=1S/C23H27N7O2S/c1-13-21-18(11-26-22(13)25-2)29-23(30-21)33-12-20(31)28-16-8-9-19(32-3)17(10-16)27-15-6-4-14(24)5-7-15/h8-11,14-15,27H,4-7,12,24H2,1,3H3,(H,28,31)(H,29,30). The van der Waals surface area contributed by atoms with Gasteiger partial charge in [-0.3, -0.25) is 4.79 Å². The van der Waals surface area contributed by atoms with Crippen LogP contribution in [0, 0.1) is 13.5 Å². The smallest absolute Gasteiger partial charge is 0.274 e. The number of carbonyl (C=O) groups is 1. The molecule has 0 aliphatic heterocycles. The lowest BCUT2D eigenvalue weighted by Gasteiger charge is -2.28. The summed E-state index contributed by atoms with van der Waals surface area (Å²) in [6.45, 7) is 9.00. The molecule has 33 heavy (non-hydrogen) atoms. The number of nitrogens with one attached hydrogen (secondary N) is 3. The van der Waals surface area contributed by atoms with Gasteiger partial charge in [-0.1, -0.05) is 18.3 Å². The van der Waals surface area contributed by atoms with Crippen molar-refractivity contribution in [1.29, 1.82) is 0 Å². The van der Waals surface area contributed by atoms with Crippen molar-refractivity contribution >= 4 is 45.9 Å². The zero-order valence-electron chi connectivity index (χ0n) is 18.6. The van der Waals surface area contributed by atoms with E-state index in [2.05, 4.69) is 30.4 Å². The zero-order chi connectivity index (χ0) is 23.4. The van der Waals surface area contributed by atoms with E-state index in [9.17, 15) is 4.79 Å². The highest BCUT2D eigenvalue weighted by molar-refractivity contribution is 7.99. The van der Waals surface area contributed by atoms with E-state index < -0.39 is 0 Å². The molecular weight excluding hydrogens is 438 g/mol. The number of hydrogen-bond donors (Lipinski definition) is 4. The van der Waals surface area contributed by atoms with Gasteiger partial charge in [0.05, 0.1) is 24.1 Å². The number of aryl methyl sites for hydroxylation is 1. The van der Waals surface area contributed by atoms with Crippen molar-refractivity contribution in [2.45, 2.75) is 49.8 Å². The number of imidazole rings is 1. The van der Waals surface area contributed by atoms with Crippen LogP contribution in [-0.2, 0) is 4.79 Å². The SMILES string of the molecule is [C-]#[N+]c1ncc2[nH]c(SCC(=O)Nc3ccc(OC)c(NC4CCC(N)CC4)c3)nc2c1C. The summed E-state index contributed by atoms with van der Waals surface area (Å²) >= 11 is 1.30. The molecule has 10 heteroatoms. The molecule has 0 unspecified atom stereocenters. The Morgan fingerprint density at radius 1 is 1.36 bits per heavy atom. The topological polar surface area (TPSA) is 122 Å². The predicted molar refractivity (Wildman–Crippen MR) is 131 cm³/mol. The monoisotopic (exact) mass is 465 g/mol. The number of anilines is 2. The van der Waals surface area contributed by atoms with Crippen molar-refractivity contribution in [1.82, 2.24) is 15.0 Å². The first-order valence-corrected chi connectivity index (χ1v) is 11.8. The Bertz CT molecular complexity index is 1200. The van der Waals surface area contributed by atoms with Gasteiger partial charge in [0.1, 0.15) is 17.5 Å². The van der Waals surface area contributed by atoms with E-state index in [0.29, 0.717) is 28.2 Å². The van der Waals surface area contributed by atoms with Crippen LogP contribution in [0.3, 0.4) is 0 Å². The van der Waals surface area contributed by atoms with Crippen molar-refractivity contribution in [3.8, 4) is 5.75 Å². The number of carbonyl (C=O) groups excluding carboxylic acids is 1. The molecule has 9 nitrogen and oxygen atoms in total. The normalized spacial score (nSPS) is 18.0. The lowest BCUT2D eigenvalue weighted by molar-refractivity contribution is -0.113. The fourth-order valence-electron chi connectivity index (χ4n) is 3.97. The number of aromatic nitrogens is 3. The van der Waals surface area contributed by atoms with Crippen molar-refractivity contribution < 1.29 is 9.53 Å². The highest BCUT2D eigenvalue weighted by Crippen LogP contribution is 2.31. The minimum atomic E-state index is -0.142. The number of aromatic amines is 1. The van der Waals surface area contributed by atoms with Crippen LogP contribution in [0.1, 0.15) is 31.2 Å². The Morgan fingerprint density at radius 2 is 2.15 bits per heavy atom.